The first-order chi connectivity index (χ1) is 11.5. The molecule has 0 unspecified atom stereocenters. The Kier molecular flexibility index (Phi) is 5.03. The molecule has 0 spiro atoms. The molecule has 0 aliphatic carbocycles. The molecule has 8 heteroatoms. The van der Waals surface area contributed by atoms with Crippen LogP contribution in [0.25, 0.3) is 0 Å². The number of hydrogen-bond acceptors (Lipinski definition) is 6. The van der Waals surface area contributed by atoms with Gasteiger partial charge in [-0.1, -0.05) is 23.4 Å². The minimum absolute atomic E-state index is 0.0582. The Morgan fingerprint density at radius 3 is 3.00 bits per heavy atom. The van der Waals surface area contributed by atoms with Gasteiger partial charge in [0.2, 0.25) is 0 Å². The van der Waals surface area contributed by atoms with Gasteiger partial charge >= 0.3 is 0 Å². The van der Waals surface area contributed by atoms with Crippen molar-refractivity contribution in [2.75, 3.05) is 19.9 Å². The number of aromatic hydroxyl groups is 1. The average molecular weight is 368 g/mol. The molecule has 0 bridgehead atoms. The summed E-state index contributed by atoms with van der Waals surface area (Å²) in [5.41, 5.74) is 2.44. The Hall–Kier alpha value is -1.70. The summed E-state index contributed by atoms with van der Waals surface area (Å²) < 4.78 is 5.14. The van der Waals surface area contributed by atoms with E-state index in [4.69, 9.17) is 16.3 Å². The minimum atomic E-state index is -0.0737. The van der Waals surface area contributed by atoms with Crippen molar-refractivity contribution in [3.8, 4) is 11.5 Å². The van der Waals surface area contributed by atoms with Gasteiger partial charge in [0, 0.05) is 26.1 Å². The van der Waals surface area contributed by atoms with Crippen LogP contribution in [0, 0.1) is 0 Å². The first-order valence-electron chi connectivity index (χ1n) is 7.45. The third-order valence-corrected chi connectivity index (χ3v) is 4.90. The molecule has 1 aromatic heterocycles. The molecule has 1 aliphatic heterocycles. The topological polar surface area (TPSA) is 78.5 Å². The number of halogens is 1. The van der Waals surface area contributed by atoms with Gasteiger partial charge in [0.25, 0.3) is 5.56 Å². The van der Waals surface area contributed by atoms with Crippen LogP contribution in [0.3, 0.4) is 0 Å². The summed E-state index contributed by atoms with van der Waals surface area (Å²) in [6, 6.07) is 3.48. The molecule has 0 saturated heterocycles. The van der Waals surface area contributed by atoms with Gasteiger partial charge in [-0.2, -0.15) is 0 Å². The molecule has 0 saturated carbocycles. The zero-order valence-electron chi connectivity index (χ0n) is 13.4. The molecule has 0 amide bonds. The SMILES string of the molecule is COc1cc(CN2CCc3nc(SC)[nH]c(=O)c3C2)cc(Cl)c1O. The summed E-state index contributed by atoms with van der Waals surface area (Å²) in [4.78, 5) is 21.7. The lowest BCUT2D eigenvalue weighted by Crippen LogP contribution is -2.35. The first kappa shape index (κ1) is 17.1. The van der Waals surface area contributed by atoms with E-state index in [1.807, 2.05) is 6.26 Å². The fraction of sp³-hybridized carbons (Fsp3) is 0.375. The Labute approximate surface area is 148 Å². The van der Waals surface area contributed by atoms with Crippen molar-refractivity contribution in [1.82, 2.24) is 14.9 Å². The molecule has 1 aliphatic rings. The number of hydrogen-bond donors (Lipinski definition) is 2. The summed E-state index contributed by atoms with van der Waals surface area (Å²) in [7, 11) is 1.49. The maximum absolute atomic E-state index is 12.2. The van der Waals surface area contributed by atoms with Crippen molar-refractivity contribution in [3.63, 3.8) is 0 Å². The van der Waals surface area contributed by atoms with Crippen LogP contribution in [0.1, 0.15) is 16.8 Å². The van der Waals surface area contributed by atoms with E-state index >= 15 is 0 Å². The maximum Gasteiger partial charge on any atom is 0.256 e. The van der Waals surface area contributed by atoms with E-state index in [1.165, 1.54) is 18.9 Å². The lowest BCUT2D eigenvalue weighted by atomic mass is 10.1. The van der Waals surface area contributed by atoms with Gasteiger partial charge in [-0.25, -0.2) is 4.98 Å². The lowest BCUT2D eigenvalue weighted by molar-refractivity contribution is 0.240. The van der Waals surface area contributed by atoms with Crippen molar-refractivity contribution in [1.29, 1.82) is 0 Å². The van der Waals surface area contributed by atoms with Gasteiger partial charge in [0.1, 0.15) is 0 Å². The molecule has 0 atom stereocenters. The summed E-state index contributed by atoms with van der Waals surface area (Å²) in [6.45, 7) is 1.95. The van der Waals surface area contributed by atoms with E-state index in [0.29, 0.717) is 24.0 Å². The molecular formula is C16H18ClN3O3S. The van der Waals surface area contributed by atoms with Crippen molar-refractivity contribution < 1.29 is 9.84 Å². The highest BCUT2D eigenvalue weighted by Gasteiger charge is 2.22. The van der Waals surface area contributed by atoms with Gasteiger partial charge < -0.3 is 14.8 Å². The monoisotopic (exact) mass is 367 g/mol. The molecular weight excluding hydrogens is 350 g/mol. The number of thioether (sulfide) groups is 1. The molecule has 24 heavy (non-hydrogen) atoms. The van der Waals surface area contributed by atoms with Gasteiger partial charge in [0.15, 0.2) is 16.7 Å². The van der Waals surface area contributed by atoms with Crippen LogP contribution >= 0.6 is 23.4 Å². The summed E-state index contributed by atoms with van der Waals surface area (Å²) in [5.74, 6) is 0.288. The number of fused-ring (bicyclic) bond motifs is 1. The van der Waals surface area contributed by atoms with Crippen LogP contribution in [0.5, 0.6) is 11.5 Å². The van der Waals surface area contributed by atoms with E-state index in [1.54, 1.807) is 12.1 Å². The van der Waals surface area contributed by atoms with Gasteiger partial charge in [-0.15, -0.1) is 0 Å². The number of rotatable bonds is 4. The minimum Gasteiger partial charge on any atom is -0.503 e. The number of H-pyrrole nitrogens is 1. The van der Waals surface area contributed by atoms with Crippen LogP contribution in [0.15, 0.2) is 22.1 Å². The predicted molar refractivity (Wildman–Crippen MR) is 94.1 cm³/mol. The van der Waals surface area contributed by atoms with E-state index in [-0.39, 0.29) is 16.3 Å². The number of nitrogens with zero attached hydrogens (tertiary/aromatic N) is 2. The number of phenols is 1. The first-order valence-corrected chi connectivity index (χ1v) is 9.06. The number of aromatic nitrogens is 2. The van der Waals surface area contributed by atoms with Crippen molar-refractivity contribution in [2.24, 2.45) is 0 Å². The second kappa shape index (κ2) is 7.04. The van der Waals surface area contributed by atoms with Gasteiger partial charge in [-0.05, 0) is 24.0 Å². The summed E-state index contributed by atoms with van der Waals surface area (Å²) in [6.07, 6.45) is 2.62. The number of ether oxygens (including phenoxy) is 1. The van der Waals surface area contributed by atoms with Crippen LogP contribution in [0.2, 0.25) is 5.02 Å². The highest BCUT2D eigenvalue weighted by atomic mass is 35.5. The van der Waals surface area contributed by atoms with Gasteiger partial charge in [-0.3, -0.25) is 9.69 Å². The molecule has 2 N–H and O–H groups in total. The number of benzene rings is 1. The van der Waals surface area contributed by atoms with E-state index in [2.05, 4.69) is 14.9 Å². The largest absolute Gasteiger partial charge is 0.503 e. The van der Waals surface area contributed by atoms with Crippen LogP contribution < -0.4 is 10.3 Å². The van der Waals surface area contributed by atoms with Crippen LogP contribution in [0.4, 0.5) is 0 Å². The lowest BCUT2D eigenvalue weighted by Gasteiger charge is -2.27. The fourth-order valence-electron chi connectivity index (χ4n) is 2.82. The summed E-state index contributed by atoms with van der Waals surface area (Å²) in [5, 5.41) is 10.7. The maximum atomic E-state index is 12.2. The molecule has 6 nitrogen and oxygen atoms in total. The Bertz CT molecular complexity index is 825. The fourth-order valence-corrected chi connectivity index (χ4v) is 3.45. The zero-order chi connectivity index (χ0) is 17.3. The Morgan fingerprint density at radius 1 is 1.50 bits per heavy atom. The Morgan fingerprint density at radius 2 is 2.29 bits per heavy atom. The molecule has 2 aromatic rings. The number of phenolic OH excluding ortho intramolecular Hbond substituents is 1. The van der Waals surface area contributed by atoms with E-state index in [0.717, 1.165) is 29.8 Å². The van der Waals surface area contributed by atoms with Gasteiger partial charge in [0.05, 0.1) is 23.4 Å². The molecule has 2 heterocycles. The Balaban J connectivity index is 1.82. The molecule has 1 aromatic carbocycles. The highest BCUT2D eigenvalue weighted by Crippen LogP contribution is 2.35. The standard InChI is InChI=1S/C16H18ClN3O3S/c1-23-13-6-9(5-11(17)14(13)21)7-20-4-3-12-10(8-20)15(22)19-16(18-12)24-2/h5-6,21H,3-4,7-8H2,1-2H3,(H,18,19,22). The van der Waals surface area contributed by atoms with Crippen LogP contribution in [-0.4, -0.2) is 39.9 Å². The molecule has 0 radical (unpaired) electrons. The van der Waals surface area contributed by atoms with E-state index in [9.17, 15) is 9.90 Å². The number of methoxy groups -OCH3 is 1. The quantitative estimate of drug-likeness (QED) is 0.638. The van der Waals surface area contributed by atoms with Crippen molar-refractivity contribution in [3.05, 3.63) is 44.3 Å². The number of nitrogens with one attached hydrogen (secondary N) is 1. The third-order valence-electron chi connectivity index (χ3n) is 4.03. The van der Waals surface area contributed by atoms with Crippen molar-refractivity contribution >= 4 is 23.4 Å². The number of aromatic amines is 1. The van der Waals surface area contributed by atoms with Crippen molar-refractivity contribution in [2.45, 2.75) is 24.7 Å². The smallest absolute Gasteiger partial charge is 0.256 e. The highest BCUT2D eigenvalue weighted by molar-refractivity contribution is 7.98. The average Bonchev–Trinajstić information content (AvgIpc) is 2.58. The van der Waals surface area contributed by atoms with E-state index < -0.39 is 0 Å². The molecule has 128 valence electrons. The molecule has 3 rings (SSSR count). The summed E-state index contributed by atoms with van der Waals surface area (Å²) >= 11 is 7.47. The van der Waals surface area contributed by atoms with Crippen LogP contribution in [-0.2, 0) is 19.5 Å². The normalized spacial score (nSPS) is 14.5. The second-order valence-electron chi connectivity index (χ2n) is 5.59. The molecule has 0 fully saturated rings. The second-order valence-corrected chi connectivity index (χ2v) is 6.79. The predicted octanol–water partition coefficient (Wildman–Crippen LogP) is 2.42. The zero-order valence-corrected chi connectivity index (χ0v) is 15.0. The third kappa shape index (κ3) is 3.38.